The zero-order chi connectivity index (χ0) is 17.9. The van der Waals surface area contributed by atoms with Gasteiger partial charge in [0.1, 0.15) is 5.75 Å². The second-order valence-electron chi connectivity index (χ2n) is 5.80. The monoisotopic (exact) mass is 349 g/mol. The molecule has 3 aromatic rings. The predicted molar refractivity (Wildman–Crippen MR) is 92.1 cm³/mol. The standard InChI is InChI=1S/C19H15N3O4/c23-18(14-11-16(26-22-14)12-6-2-1-3-7-12)20-21-19(24)17-10-13-8-4-5-9-15(13)25-17/h1-9,11,17H,10H2,(H,20,23)(H,21,24)/t17-/m1/s1. The van der Waals surface area contributed by atoms with E-state index in [-0.39, 0.29) is 5.69 Å². The number of hydrazine groups is 1. The second-order valence-corrected chi connectivity index (χ2v) is 5.80. The van der Waals surface area contributed by atoms with E-state index in [1.165, 1.54) is 6.07 Å². The molecule has 1 aliphatic rings. The number of benzene rings is 2. The Balaban J connectivity index is 1.35. The van der Waals surface area contributed by atoms with E-state index in [4.69, 9.17) is 9.26 Å². The number of nitrogens with one attached hydrogen (secondary N) is 2. The van der Waals surface area contributed by atoms with Gasteiger partial charge in [-0.15, -0.1) is 0 Å². The molecular formula is C19H15N3O4. The molecule has 7 nitrogen and oxygen atoms in total. The summed E-state index contributed by atoms with van der Waals surface area (Å²) in [6.45, 7) is 0. The maximum absolute atomic E-state index is 12.2. The molecule has 1 aliphatic heterocycles. The molecule has 26 heavy (non-hydrogen) atoms. The molecule has 0 aliphatic carbocycles. The first-order chi connectivity index (χ1) is 12.7. The van der Waals surface area contributed by atoms with Crippen molar-refractivity contribution in [3.05, 3.63) is 71.9 Å². The van der Waals surface area contributed by atoms with Gasteiger partial charge in [0.25, 0.3) is 11.8 Å². The van der Waals surface area contributed by atoms with Crippen LogP contribution in [-0.2, 0) is 11.2 Å². The quantitative estimate of drug-likeness (QED) is 0.707. The number of ether oxygens (including phenoxy) is 1. The molecule has 2 amide bonds. The number of amides is 2. The normalized spacial score (nSPS) is 15.0. The van der Waals surface area contributed by atoms with Crippen LogP contribution in [0, 0.1) is 0 Å². The summed E-state index contributed by atoms with van der Waals surface area (Å²) in [5, 5.41) is 3.73. The molecule has 4 rings (SSSR count). The lowest BCUT2D eigenvalue weighted by atomic mass is 10.1. The van der Waals surface area contributed by atoms with E-state index in [9.17, 15) is 9.59 Å². The average molecular weight is 349 g/mol. The zero-order valence-corrected chi connectivity index (χ0v) is 13.6. The summed E-state index contributed by atoms with van der Waals surface area (Å²) in [6, 6.07) is 18.2. The maximum atomic E-state index is 12.2. The lowest BCUT2D eigenvalue weighted by molar-refractivity contribution is -0.128. The Kier molecular flexibility index (Phi) is 4.10. The topological polar surface area (TPSA) is 93.5 Å². The van der Waals surface area contributed by atoms with Crippen LogP contribution in [-0.4, -0.2) is 23.1 Å². The third-order valence-corrected chi connectivity index (χ3v) is 4.04. The fraction of sp³-hybridized carbons (Fsp3) is 0.105. The van der Waals surface area contributed by atoms with Crippen LogP contribution in [0.3, 0.4) is 0 Å². The fourth-order valence-corrected chi connectivity index (χ4v) is 2.71. The van der Waals surface area contributed by atoms with Crippen LogP contribution < -0.4 is 15.6 Å². The highest BCUT2D eigenvalue weighted by Gasteiger charge is 2.29. The summed E-state index contributed by atoms with van der Waals surface area (Å²) in [5.74, 6) is 0.153. The molecule has 0 spiro atoms. The lowest BCUT2D eigenvalue weighted by Crippen LogP contribution is -2.47. The van der Waals surface area contributed by atoms with Crippen LogP contribution >= 0.6 is 0 Å². The van der Waals surface area contributed by atoms with Crippen molar-refractivity contribution in [1.82, 2.24) is 16.0 Å². The molecule has 2 aromatic carbocycles. The molecule has 0 unspecified atom stereocenters. The minimum atomic E-state index is -0.676. The van der Waals surface area contributed by atoms with Gasteiger partial charge in [0.15, 0.2) is 17.6 Å². The van der Waals surface area contributed by atoms with E-state index >= 15 is 0 Å². The van der Waals surface area contributed by atoms with E-state index in [1.807, 2.05) is 54.6 Å². The average Bonchev–Trinajstić information content (AvgIpc) is 3.33. The summed E-state index contributed by atoms with van der Waals surface area (Å²) >= 11 is 0. The number of carbonyl (C=O) groups is 2. The van der Waals surface area contributed by atoms with Crippen LogP contribution in [0.1, 0.15) is 16.1 Å². The van der Waals surface area contributed by atoms with Gasteiger partial charge in [-0.1, -0.05) is 53.7 Å². The Labute approximate surface area is 148 Å². The molecule has 2 heterocycles. The summed E-state index contributed by atoms with van der Waals surface area (Å²) in [5.41, 5.74) is 6.52. The number of rotatable bonds is 3. The van der Waals surface area contributed by atoms with Crippen molar-refractivity contribution < 1.29 is 18.8 Å². The van der Waals surface area contributed by atoms with Gasteiger partial charge >= 0.3 is 0 Å². The van der Waals surface area contributed by atoms with Crippen LogP contribution in [0.5, 0.6) is 5.75 Å². The third-order valence-electron chi connectivity index (χ3n) is 4.04. The number of hydrogen-bond acceptors (Lipinski definition) is 5. The molecule has 0 bridgehead atoms. The molecular weight excluding hydrogens is 334 g/mol. The number of para-hydroxylation sites is 1. The molecule has 0 radical (unpaired) electrons. The fourth-order valence-electron chi connectivity index (χ4n) is 2.71. The van der Waals surface area contributed by atoms with Crippen molar-refractivity contribution in [2.45, 2.75) is 12.5 Å². The summed E-state index contributed by atoms with van der Waals surface area (Å²) in [4.78, 5) is 24.3. The Morgan fingerprint density at radius 1 is 1.00 bits per heavy atom. The van der Waals surface area contributed by atoms with Crippen LogP contribution in [0.2, 0.25) is 0 Å². The van der Waals surface area contributed by atoms with Crippen molar-refractivity contribution in [1.29, 1.82) is 0 Å². The van der Waals surface area contributed by atoms with Crippen LogP contribution in [0.25, 0.3) is 11.3 Å². The van der Waals surface area contributed by atoms with E-state index < -0.39 is 17.9 Å². The van der Waals surface area contributed by atoms with Gasteiger partial charge in [-0.05, 0) is 11.6 Å². The Bertz CT molecular complexity index is 927. The minimum absolute atomic E-state index is 0.0692. The van der Waals surface area contributed by atoms with Gasteiger partial charge in [-0.25, -0.2) is 0 Å². The number of aromatic nitrogens is 1. The van der Waals surface area contributed by atoms with E-state index in [1.54, 1.807) is 0 Å². The highest BCUT2D eigenvalue weighted by atomic mass is 16.5. The molecule has 1 atom stereocenters. The van der Waals surface area contributed by atoms with E-state index in [2.05, 4.69) is 16.0 Å². The molecule has 0 saturated heterocycles. The first kappa shape index (κ1) is 15.9. The highest BCUT2D eigenvalue weighted by molar-refractivity contribution is 5.95. The SMILES string of the molecule is O=C(NNC(=O)[C@H]1Cc2ccccc2O1)c1cc(-c2ccccc2)on1. The molecule has 130 valence electrons. The van der Waals surface area contributed by atoms with Gasteiger partial charge in [0, 0.05) is 18.1 Å². The van der Waals surface area contributed by atoms with Crippen LogP contribution in [0.15, 0.2) is 65.2 Å². The summed E-state index contributed by atoms with van der Waals surface area (Å²) < 4.78 is 10.7. The van der Waals surface area contributed by atoms with Crippen molar-refractivity contribution in [3.63, 3.8) is 0 Å². The lowest BCUT2D eigenvalue weighted by Gasteiger charge is -2.11. The third kappa shape index (κ3) is 3.14. The van der Waals surface area contributed by atoms with Crippen LogP contribution in [0.4, 0.5) is 0 Å². The van der Waals surface area contributed by atoms with Gasteiger partial charge < -0.3 is 9.26 Å². The predicted octanol–water partition coefficient (Wildman–Crippen LogP) is 2.11. The number of hydrogen-bond donors (Lipinski definition) is 2. The van der Waals surface area contributed by atoms with E-state index in [0.717, 1.165) is 11.1 Å². The molecule has 0 fully saturated rings. The molecule has 0 saturated carbocycles. The Hall–Kier alpha value is -3.61. The Morgan fingerprint density at radius 3 is 2.58 bits per heavy atom. The molecule has 2 N–H and O–H groups in total. The second kappa shape index (κ2) is 6.72. The highest BCUT2D eigenvalue weighted by Crippen LogP contribution is 2.28. The van der Waals surface area contributed by atoms with Gasteiger partial charge in [-0.3, -0.25) is 20.4 Å². The zero-order valence-electron chi connectivity index (χ0n) is 13.6. The number of nitrogens with zero attached hydrogens (tertiary/aromatic N) is 1. The van der Waals surface area contributed by atoms with Crippen molar-refractivity contribution in [3.8, 4) is 17.1 Å². The van der Waals surface area contributed by atoms with Crippen molar-refractivity contribution in [2.75, 3.05) is 0 Å². The first-order valence-corrected chi connectivity index (χ1v) is 8.07. The smallest absolute Gasteiger partial charge is 0.291 e. The Morgan fingerprint density at radius 2 is 1.77 bits per heavy atom. The summed E-state index contributed by atoms with van der Waals surface area (Å²) in [6.07, 6.45) is -0.218. The maximum Gasteiger partial charge on any atom is 0.291 e. The first-order valence-electron chi connectivity index (χ1n) is 8.07. The van der Waals surface area contributed by atoms with Gasteiger partial charge in [0.05, 0.1) is 0 Å². The van der Waals surface area contributed by atoms with E-state index in [0.29, 0.717) is 17.9 Å². The molecule has 7 heteroatoms. The van der Waals surface area contributed by atoms with Gasteiger partial charge in [0.2, 0.25) is 0 Å². The van der Waals surface area contributed by atoms with Crippen molar-refractivity contribution >= 4 is 11.8 Å². The minimum Gasteiger partial charge on any atom is -0.480 e. The molecule has 1 aromatic heterocycles. The summed E-state index contributed by atoms with van der Waals surface area (Å²) in [7, 11) is 0. The van der Waals surface area contributed by atoms with Gasteiger partial charge in [-0.2, -0.15) is 0 Å². The largest absolute Gasteiger partial charge is 0.480 e. The van der Waals surface area contributed by atoms with Crippen molar-refractivity contribution in [2.24, 2.45) is 0 Å². The number of fused-ring (bicyclic) bond motifs is 1. The number of carbonyl (C=O) groups excluding carboxylic acids is 2.